The smallest absolute Gasteiger partial charge is 0.407 e. The second kappa shape index (κ2) is 15.6. The van der Waals surface area contributed by atoms with E-state index >= 15 is 0 Å². The Morgan fingerprint density at radius 1 is 0.895 bits per heavy atom. The van der Waals surface area contributed by atoms with E-state index in [-0.39, 0.29) is 42.5 Å². The molecule has 0 bridgehead atoms. The molecule has 2 aromatic carbocycles. The van der Waals surface area contributed by atoms with Gasteiger partial charge in [-0.1, -0.05) is 25.5 Å². The van der Waals surface area contributed by atoms with Crippen molar-refractivity contribution in [3.63, 3.8) is 0 Å². The molecule has 0 saturated carbocycles. The van der Waals surface area contributed by atoms with E-state index < -0.39 is 23.9 Å². The molecule has 1 atom stereocenters. The minimum Gasteiger partial charge on any atom is -0.504 e. The fraction of sp³-hybridized carbons (Fsp3) is 0.370. The number of phenolic OH excluding ortho intramolecular Hbond substituents is 4. The normalized spacial score (nSPS) is 11.6. The third-order valence-electron chi connectivity index (χ3n) is 5.48. The predicted molar refractivity (Wildman–Crippen MR) is 141 cm³/mol. The van der Waals surface area contributed by atoms with E-state index in [1.165, 1.54) is 42.5 Å². The Bertz CT molecular complexity index is 1120. The predicted octanol–water partition coefficient (Wildman–Crippen LogP) is 2.67. The molecule has 11 heteroatoms. The molecule has 0 unspecified atom stereocenters. The zero-order chi connectivity index (χ0) is 27.9. The number of phenols is 4. The Hall–Kier alpha value is -4.41. The van der Waals surface area contributed by atoms with Crippen LogP contribution in [0.3, 0.4) is 0 Å². The number of benzene rings is 2. The number of carbonyl (C=O) groups excluding carboxylic acids is 3. The number of hydrogen-bond acceptors (Lipinski definition) is 8. The quantitative estimate of drug-likeness (QED) is 0.111. The van der Waals surface area contributed by atoms with E-state index in [0.29, 0.717) is 30.6 Å². The van der Waals surface area contributed by atoms with Crippen LogP contribution in [0.4, 0.5) is 4.79 Å². The summed E-state index contributed by atoms with van der Waals surface area (Å²) >= 11 is 0. The molecule has 0 aromatic heterocycles. The SMILES string of the molecule is CCCCOC(=O)NCCC[C@H](NC(=O)C=Cc1ccc(O)c(O)c1)C(=O)NCCc1ccc(O)c(O)c1. The van der Waals surface area contributed by atoms with Gasteiger partial charge in [0.1, 0.15) is 6.04 Å². The van der Waals surface area contributed by atoms with E-state index in [9.17, 15) is 34.8 Å². The van der Waals surface area contributed by atoms with Gasteiger partial charge >= 0.3 is 6.09 Å². The maximum absolute atomic E-state index is 12.8. The monoisotopic (exact) mass is 529 g/mol. The molecule has 0 aliphatic heterocycles. The van der Waals surface area contributed by atoms with Crippen LogP contribution in [0.15, 0.2) is 42.5 Å². The van der Waals surface area contributed by atoms with E-state index in [0.717, 1.165) is 12.8 Å². The van der Waals surface area contributed by atoms with Gasteiger partial charge in [-0.15, -0.1) is 0 Å². The molecular weight excluding hydrogens is 494 g/mol. The lowest BCUT2D eigenvalue weighted by molar-refractivity contribution is -0.127. The van der Waals surface area contributed by atoms with E-state index in [4.69, 9.17) is 4.74 Å². The maximum atomic E-state index is 12.8. The Morgan fingerprint density at radius 3 is 2.29 bits per heavy atom. The summed E-state index contributed by atoms with van der Waals surface area (Å²) in [7, 11) is 0. The lowest BCUT2D eigenvalue weighted by atomic mass is 10.1. The second-order valence-electron chi connectivity index (χ2n) is 8.57. The first-order chi connectivity index (χ1) is 18.2. The number of carbonyl (C=O) groups is 3. The van der Waals surface area contributed by atoms with Crippen LogP contribution in [-0.2, 0) is 20.7 Å². The molecule has 2 rings (SSSR count). The molecule has 0 heterocycles. The number of alkyl carbamates (subject to hydrolysis) is 1. The first-order valence-corrected chi connectivity index (χ1v) is 12.4. The fourth-order valence-corrected chi connectivity index (χ4v) is 3.34. The van der Waals surface area contributed by atoms with Crippen LogP contribution in [0, 0.1) is 0 Å². The van der Waals surface area contributed by atoms with Crippen LogP contribution in [-0.4, -0.2) is 64.1 Å². The molecular formula is C27H35N3O8. The Balaban J connectivity index is 1.93. The van der Waals surface area contributed by atoms with Crippen molar-refractivity contribution in [1.29, 1.82) is 0 Å². The third kappa shape index (κ3) is 10.7. The van der Waals surface area contributed by atoms with Crippen molar-refractivity contribution in [2.45, 2.75) is 45.1 Å². The van der Waals surface area contributed by atoms with Crippen molar-refractivity contribution in [3.05, 3.63) is 53.6 Å². The van der Waals surface area contributed by atoms with Gasteiger partial charge in [0.2, 0.25) is 11.8 Å². The van der Waals surface area contributed by atoms with Gasteiger partial charge in [-0.2, -0.15) is 0 Å². The second-order valence-corrected chi connectivity index (χ2v) is 8.57. The molecule has 0 aliphatic carbocycles. The molecule has 0 saturated heterocycles. The number of unbranched alkanes of at least 4 members (excludes halogenated alkanes) is 1. The number of hydrogen-bond donors (Lipinski definition) is 7. The Labute approximate surface area is 221 Å². The molecule has 2 aromatic rings. The van der Waals surface area contributed by atoms with Crippen LogP contribution in [0.2, 0.25) is 0 Å². The van der Waals surface area contributed by atoms with Crippen LogP contribution in [0.5, 0.6) is 23.0 Å². The van der Waals surface area contributed by atoms with Gasteiger partial charge < -0.3 is 41.1 Å². The lowest BCUT2D eigenvalue weighted by Crippen LogP contribution is -2.47. The van der Waals surface area contributed by atoms with Crippen LogP contribution < -0.4 is 16.0 Å². The van der Waals surface area contributed by atoms with Gasteiger partial charge in [0.15, 0.2) is 23.0 Å². The van der Waals surface area contributed by atoms with Crippen molar-refractivity contribution in [2.24, 2.45) is 0 Å². The highest BCUT2D eigenvalue weighted by Crippen LogP contribution is 2.26. The van der Waals surface area contributed by atoms with Gasteiger partial charge in [0.25, 0.3) is 0 Å². The summed E-state index contributed by atoms with van der Waals surface area (Å²) in [4.78, 5) is 37.0. The summed E-state index contributed by atoms with van der Waals surface area (Å²) in [6.07, 6.45) is 4.77. The zero-order valence-corrected chi connectivity index (χ0v) is 21.3. The third-order valence-corrected chi connectivity index (χ3v) is 5.48. The summed E-state index contributed by atoms with van der Waals surface area (Å²) in [6.45, 7) is 2.78. The van der Waals surface area contributed by atoms with Crippen molar-refractivity contribution in [3.8, 4) is 23.0 Å². The van der Waals surface area contributed by atoms with Gasteiger partial charge in [0.05, 0.1) is 6.61 Å². The minimum absolute atomic E-state index is 0.222. The van der Waals surface area contributed by atoms with E-state index in [2.05, 4.69) is 16.0 Å². The van der Waals surface area contributed by atoms with Crippen molar-refractivity contribution >= 4 is 24.0 Å². The molecule has 7 N–H and O–H groups in total. The molecule has 0 aliphatic rings. The first kappa shape index (κ1) is 29.8. The van der Waals surface area contributed by atoms with Crippen molar-refractivity contribution in [1.82, 2.24) is 16.0 Å². The number of rotatable bonds is 14. The number of amides is 3. The molecule has 0 fully saturated rings. The summed E-state index contributed by atoms with van der Waals surface area (Å²) in [6, 6.07) is 7.57. The van der Waals surface area contributed by atoms with Crippen molar-refractivity contribution in [2.75, 3.05) is 19.7 Å². The van der Waals surface area contributed by atoms with Crippen LogP contribution in [0.25, 0.3) is 6.08 Å². The molecule has 11 nitrogen and oxygen atoms in total. The summed E-state index contributed by atoms with van der Waals surface area (Å²) in [5.41, 5.74) is 1.17. The molecule has 206 valence electrons. The van der Waals surface area contributed by atoms with E-state index in [1.54, 1.807) is 6.07 Å². The van der Waals surface area contributed by atoms with Gasteiger partial charge in [0, 0.05) is 19.2 Å². The molecule has 0 spiro atoms. The zero-order valence-electron chi connectivity index (χ0n) is 21.3. The highest BCUT2D eigenvalue weighted by Gasteiger charge is 2.19. The lowest BCUT2D eigenvalue weighted by Gasteiger charge is -2.18. The standard InChI is InChI=1S/C27H35N3O8/c1-2-3-15-38-27(37)29-13-4-5-20(26(36)28-14-12-19-7-10-22(32)24(34)17-19)30-25(35)11-8-18-6-9-21(31)23(33)16-18/h6-11,16-17,20,31-34H,2-5,12-15H2,1H3,(H,28,36)(H,29,37)(H,30,35)/t20-/m0/s1. The highest BCUT2D eigenvalue weighted by molar-refractivity contribution is 5.95. The number of nitrogens with one attached hydrogen (secondary N) is 3. The van der Waals surface area contributed by atoms with Crippen LogP contribution in [0.1, 0.15) is 43.7 Å². The summed E-state index contributed by atoms with van der Waals surface area (Å²) in [5, 5.41) is 46.0. The minimum atomic E-state index is -0.897. The average molecular weight is 530 g/mol. The first-order valence-electron chi connectivity index (χ1n) is 12.4. The van der Waals surface area contributed by atoms with E-state index in [1.807, 2.05) is 6.92 Å². The average Bonchev–Trinajstić information content (AvgIpc) is 2.88. The number of aromatic hydroxyl groups is 4. The topological polar surface area (TPSA) is 177 Å². The summed E-state index contributed by atoms with van der Waals surface area (Å²) < 4.78 is 5.03. The van der Waals surface area contributed by atoms with Crippen molar-refractivity contribution < 1.29 is 39.5 Å². The number of ether oxygens (including phenoxy) is 1. The van der Waals surface area contributed by atoms with Gasteiger partial charge in [-0.3, -0.25) is 9.59 Å². The molecule has 0 radical (unpaired) electrons. The molecule has 38 heavy (non-hydrogen) atoms. The highest BCUT2D eigenvalue weighted by atomic mass is 16.5. The summed E-state index contributed by atoms with van der Waals surface area (Å²) in [5.74, 6) is -2.08. The van der Waals surface area contributed by atoms with Gasteiger partial charge in [-0.05, 0) is 67.2 Å². The Morgan fingerprint density at radius 2 is 1.61 bits per heavy atom. The fourth-order valence-electron chi connectivity index (χ4n) is 3.34. The maximum Gasteiger partial charge on any atom is 0.407 e. The largest absolute Gasteiger partial charge is 0.504 e. The Kier molecular flexibility index (Phi) is 12.3. The van der Waals surface area contributed by atoms with Gasteiger partial charge in [-0.25, -0.2) is 4.79 Å². The van der Waals surface area contributed by atoms with Crippen LogP contribution >= 0.6 is 0 Å². The molecule has 3 amide bonds.